The predicted octanol–water partition coefficient (Wildman–Crippen LogP) is 2.77. The predicted molar refractivity (Wildman–Crippen MR) is 119 cm³/mol. The Balaban J connectivity index is 0.000000259. The molecule has 0 radical (unpaired) electrons. The first-order valence-electron chi connectivity index (χ1n) is 12.2. The molecule has 4 fully saturated rings. The lowest BCUT2D eigenvalue weighted by molar-refractivity contribution is -0.136. The zero-order valence-corrected chi connectivity index (χ0v) is 18.6. The van der Waals surface area contributed by atoms with Crippen molar-refractivity contribution in [3.63, 3.8) is 0 Å². The van der Waals surface area contributed by atoms with E-state index >= 15 is 0 Å². The number of nitrogens with one attached hydrogen (secondary N) is 2. The molecule has 7 heteroatoms. The highest BCUT2D eigenvalue weighted by atomic mass is 16.5. The molecule has 0 bridgehead atoms. The lowest BCUT2D eigenvalue weighted by Gasteiger charge is -2.29. The van der Waals surface area contributed by atoms with Gasteiger partial charge in [-0.1, -0.05) is 6.42 Å². The molecular weight excluding hydrogens is 406 g/mol. The van der Waals surface area contributed by atoms with E-state index in [1.165, 1.54) is 45.2 Å². The van der Waals surface area contributed by atoms with Crippen molar-refractivity contribution in [2.45, 2.75) is 76.5 Å². The average Bonchev–Trinajstić information content (AvgIpc) is 3.52. The number of benzene rings is 1. The fourth-order valence-corrected chi connectivity index (χ4v) is 5.21. The van der Waals surface area contributed by atoms with E-state index in [4.69, 9.17) is 4.74 Å². The monoisotopic (exact) mass is 439 g/mol. The zero-order chi connectivity index (χ0) is 22.1. The second kappa shape index (κ2) is 9.22. The van der Waals surface area contributed by atoms with Gasteiger partial charge in [0.1, 0.15) is 11.8 Å². The lowest BCUT2D eigenvalue weighted by atomic mass is 9.98. The van der Waals surface area contributed by atoms with E-state index in [0.29, 0.717) is 18.5 Å². The highest BCUT2D eigenvalue weighted by molar-refractivity contribution is 6.05. The van der Waals surface area contributed by atoms with Gasteiger partial charge in [-0.2, -0.15) is 0 Å². The van der Waals surface area contributed by atoms with Crippen molar-refractivity contribution in [1.82, 2.24) is 15.5 Å². The van der Waals surface area contributed by atoms with Gasteiger partial charge in [0.05, 0.1) is 6.10 Å². The highest BCUT2D eigenvalue weighted by Gasteiger charge is 2.39. The van der Waals surface area contributed by atoms with Crippen molar-refractivity contribution in [2.75, 3.05) is 13.1 Å². The highest BCUT2D eigenvalue weighted by Crippen LogP contribution is 2.38. The smallest absolute Gasteiger partial charge is 0.255 e. The Bertz CT molecular complexity index is 887. The summed E-state index contributed by atoms with van der Waals surface area (Å²) in [4.78, 5) is 37.6. The summed E-state index contributed by atoms with van der Waals surface area (Å²) in [5.41, 5.74) is 1.52. The van der Waals surface area contributed by atoms with Crippen molar-refractivity contribution in [3.8, 4) is 5.75 Å². The van der Waals surface area contributed by atoms with Crippen LogP contribution in [-0.4, -0.2) is 47.9 Å². The van der Waals surface area contributed by atoms with Crippen LogP contribution in [-0.2, 0) is 16.1 Å². The summed E-state index contributed by atoms with van der Waals surface area (Å²) >= 11 is 0. The van der Waals surface area contributed by atoms with E-state index in [0.717, 1.165) is 36.0 Å². The number of ether oxygens (including phenoxy) is 1. The van der Waals surface area contributed by atoms with Gasteiger partial charge in [0.2, 0.25) is 11.8 Å². The van der Waals surface area contributed by atoms with Gasteiger partial charge in [-0.05, 0) is 93.6 Å². The van der Waals surface area contributed by atoms with Crippen LogP contribution in [0.4, 0.5) is 0 Å². The summed E-state index contributed by atoms with van der Waals surface area (Å²) in [6.45, 7) is 3.01. The van der Waals surface area contributed by atoms with Gasteiger partial charge in [-0.15, -0.1) is 0 Å². The van der Waals surface area contributed by atoms with Crippen LogP contribution in [0.3, 0.4) is 0 Å². The second-order valence-electron chi connectivity index (χ2n) is 9.85. The van der Waals surface area contributed by atoms with Gasteiger partial charge in [0.25, 0.3) is 5.91 Å². The van der Waals surface area contributed by atoms with E-state index < -0.39 is 6.04 Å². The lowest BCUT2D eigenvalue weighted by Crippen LogP contribution is -2.52. The molecule has 172 valence electrons. The van der Waals surface area contributed by atoms with Crippen LogP contribution in [0.1, 0.15) is 73.7 Å². The van der Waals surface area contributed by atoms with Crippen LogP contribution in [0.15, 0.2) is 18.2 Å². The Morgan fingerprint density at radius 1 is 0.906 bits per heavy atom. The number of carbonyl (C=O) groups is 3. The number of amides is 3. The minimum atomic E-state index is -0.569. The molecule has 3 aliphatic heterocycles. The Morgan fingerprint density at radius 3 is 2.31 bits per heavy atom. The Labute approximate surface area is 189 Å². The summed E-state index contributed by atoms with van der Waals surface area (Å²) in [7, 11) is 0. The summed E-state index contributed by atoms with van der Waals surface area (Å²) in [5.74, 6) is 2.23. The molecule has 0 spiro atoms. The van der Waals surface area contributed by atoms with Crippen molar-refractivity contribution >= 4 is 17.7 Å². The number of fused-ring (bicyclic) bond motifs is 1. The van der Waals surface area contributed by atoms with Crippen LogP contribution in [0, 0.1) is 11.8 Å². The van der Waals surface area contributed by atoms with Crippen molar-refractivity contribution in [3.05, 3.63) is 29.3 Å². The number of carbonyl (C=O) groups excluding carboxylic acids is 3. The van der Waals surface area contributed by atoms with Gasteiger partial charge < -0.3 is 15.0 Å². The maximum atomic E-state index is 12.6. The van der Waals surface area contributed by atoms with E-state index in [1.54, 1.807) is 11.0 Å². The van der Waals surface area contributed by atoms with Gasteiger partial charge >= 0.3 is 0 Å². The Kier molecular flexibility index (Phi) is 6.17. The quantitative estimate of drug-likeness (QED) is 0.705. The normalized spacial score (nSPS) is 26.1. The standard InChI is InChI=1S/C19H22N2O4.C6H11N/c22-17-9-8-16(18(23)20-17)21-11-12-10-14(6-7-15(12)19(21)24)25-13-4-2-1-3-5-13;1-2-5(1)6-3-7-4-6/h6-7,10,13,16H,1-5,8-9,11H2,(H,20,22,23);5-7H,1-4H2. The molecule has 6 rings (SSSR count). The molecule has 3 amide bonds. The third-order valence-electron chi connectivity index (χ3n) is 7.45. The molecule has 2 aliphatic carbocycles. The molecule has 2 N–H and O–H groups in total. The summed E-state index contributed by atoms with van der Waals surface area (Å²) < 4.78 is 6.08. The maximum absolute atomic E-state index is 12.6. The minimum absolute atomic E-state index is 0.145. The number of piperidine rings is 1. The van der Waals surface area contributed by atoms with E-state index in [9.17, 15) is 14.4 Å². The Morgan fingerprint density at radius 2 is 1.69 bits per heavy atom. The minimum Gasteiger partial charge on any atom is -0.490 e. The van der Waals surface area contributed by atoms with Crippen LogP contribution < -0.4 is 15.4 Å². The fourth-order valence-electron chi connectivity index (χ4n) is 5.21. The third-order valence-corrected chi connectivity index (χ3v) is 7.45. The third kappa shape index (κ3) is 4.68. The first-order chi connectivity index (χ1) is 15.6. The molecule has 1 aromatic carbocycles. The van der Waals surface area contributed by atoms with Gasteiger partial charge in [0.15, 0.2) is 0 Å². The van der Waals surface area contributed by atoms with E-state index in [2.05, 4.69) is 10.6 Å². The molecule has 32 heavy (non-hydrogen) atoms. The van der Waals surface area contributed by atoms with Crippen LogP contribution in [0.5, 0.6) is 5.75 Å². The van der Waals surface area contributed by atoms with E-state index in [-0.39, 0.29) is 30.2 Å². The van der Waals surface area contributed by atoms with Crippen molar-refractivity contribution in [2.24, 2.45) is 11.8 Å². The first kappa shape index (κ1) is 21.4. The number of hydrogen-bond donors (Lipinski definition) is 2. The van der Waals surface area contributed by atoms with E-state index in [1.807, 2.05) is 12.1 Å². The number of rotatable bonds is 4. The number of nitrogens with zero attached hydrogens (tertiary/aromatic N) is 1. The fraction of sp³-hybridized carbons (Fsp3) is 0.640. The zero-order valence-electron chi connectivity index (χ0n) is 18.6. The average molecular weight is 440 g/mol. The van der Waals surface area contributed by atoms with Crippen LogP contribution in [0.25, 0.3) is 0 Å². The molecule has 0 aromatic heterocycles. The molecule has 1 unspecified atom stereocenters. The summed E-state index contributed by atoms with van der Waals surface area (Å²) in [6, 6.07) is 5.00. The summed E-state index contributed by atoms with van der Waals surface area (Å²) in [6.07, 6.45) is 9.81. The first-order valence-corrected chi connectivity index (χ1v) is 12.2. The van der Waals surface area contributed by atoms with Crippen LogP contribution in [0.2, 0.25) is 0 Å². The van der Waals surface area contributed by atoms with Gasteiger partial charge in [0, 0.05) is 18.5 Å². The van der Waals surface area contributed by atoms with Gasteiger partial charge in [-0.25, -0.2) is 0 Å². The van der Waals surface area contributed by atoms with Gasteiger partial charge in [-0.3, -0.25) is 19.7 Å². The molecule has 2 saturated heterocycles. The summed E-state index contributed by atoms with van der Waals surface area (Å²) in [5, 5.41) is 5.61. The molecule has 2 saturated carbocycles. The molecule has 5 aliphatic rings. The molecule has 3 heterocycles. The largest absolute Gasteiger partial charge is 0.490 e. The second-order valence-corrected chi connectivity index (χ2v) is 9.85. The Hall–Kier alpha value is -2.41. The number of imide groups is 1. The van der Waals surface area contributed by atoms with Crippen molar-refractivity contribution in [1.29, 1.82) is 0 Å². The van der Waals surface area contributed by atoms with Crippen LogP contribution >= 0.6 is 0 Å². The van der Waals surface area contributed by atoms with Crippen molar-refractivity contribution < 1.29 is 19.1 Å². The number of hydrogen-bond acceptors (Lipinski definition) is 5. The maximum Gasteiger partial charge on any atom is 0.255 e. The molecular formula is C25H33N3O4. The molecule has 7 nitrogen and oxygen atoms in total. The SMILES string of the molecule is C1CC1C1CNC1.O=C1CCC(N2Cc3cc(OC4CCCCC4)ccc3C2=O)C(=O)N1. The molecule has 1 atom stereocenters. The molecule has 1 aromatic rings. The topological polar surface area (TPSA) is 87.7 Å².